The third-order valence-corrected chi connectivity index (χ3v) is 4.54. The van der Waals surface area contributed by atoms with Gasteiger partial charge >= 0.3 is 6.09 Å². The van der Waals surface area contributed by atoms with Crippen LogP contribution in [0.25, 0.3) is 0 Å². The minimum Gasteiger partial charge on any atom is -0.444 e. The molecule has 0 aliphatic heterocycles. The van der Waals surface area contributed by atoms with Gasteiger partial charge in [0.05, 0.1) is 6.26 Å². The Balaban J connectivity index is 1.80. The monoisotopic (exact) mass is 476 g/mol. The van der Waals surface area contributed by atoms with E-state index in [4.69, 9.17) is 4.74 Å². The number of ether oxygens (including phenoxy) is 1. The number of alkyl carbamates (subject to hydrolysis) is 1. The van der Waals surface area contributed by atoms with Crippen LogP contribution in [0.4, 0.5) is 16.2 Å². The molecular weight excluding hydrogens is 448 g/mol. The van der Waals surface area contributed by atoms with Crippen LogP contribution in [0.2, 0.25) is 0 Å². The number of amides is 3. The zero-order valence-corrected chi connectivity index (χ0v) is 19.7. The molecule has 0 spiro atoms. The number of nitrogens with one attached hydrogen (secondary N) is 4. The molecule has 0 saturated carbocycles. The molecular formula is C22H28N4O6S. The maximum absolute atomic E-state index is 12.3. The van der Waals surface area contributed by atoms with Crippen molar-refractivity contribution in [3.63, 3.8) is 0 Å². The summed E-state index contributed by atoms with van der Waals surface area (Å²) in [7, 11) is -3.38. The Bertz CT molecular complexity index is 1090. The van der Waals surface area contributed by atoms with Gasteiger partial charge in [-0.15, -0.1) is 0 Å². The molecule has 178 valence electrons. The molecule has 0 radical (unpaired) electrons. The van der Waals surface area contributed by atoms with Crippen molar-refractivity contribution in [2.75, 3.05) is 22.8 Å². The fourth-order valence-corrected chi connectivity index (χ4v) is 3.13. The summed E-state index contributed by atoms with van der Waals surface area (Å²) in [5, 5.41) is 7.80. The summed E-state index contributed by atoms with van der Waals surface area (Å²) in [6.45, 7) is 5.21. The number of hydrogen-bond donors (Lipinski definition) is 4. The molecule has 3 amide bonds. The summed E-state index contributed by atoms with van der Waals surface area (Å²) in [5.41, 5.74) is 1.45. The first-order valence-corrected chi connectivity index (χ1v) is 11.9. The largest absolute Gasteiger partial charge is 0.444 e. The first-order chi connectivity index (χ1) is 15.3. The van der Waals surface area contributed by atoms with Gasteiger partial charge in [-0.25, -0.2) is 13.2 Å². The Morgan fingerprint density at radius 3 is 2.00 bits per heavy atom. The molecule has 2 aromatic carbocycles. The molecule has 2 aromatic rings. The Morgan fingerprint density at radius 1 is 0.879 bits per heavy atom. The van der Waals surface area contributed by atoms with Crippen molar-refractivity contribution in [2.45, 2.75) is 32.9 Å². The van der Waals surface area contributed by atoms with E-state index in [0.29, 0.717) is 16.9 Å². The third-order valence-electron chi connectivity index (χ3n) is 3.93. The zero-order chi connectivity index (χ0) is 24.6. The second-order valence-corrected chi connectivity index (χ2v) is 9.98. The van der Waals surface area contributed by atoms with Gasteiger partial charge in [0.2, 0.25) is 15.9 Å². The predicted octanol–water partition coefficient (Wildman–Crippen LogP) is 2.45. The molecule has 0 aliphatic carbocycles. The van der Waals surface area contributed by atoms with Crippen molar-refractivity contribution in [3.05, 3.63) is 59.7 Å². The van der Waals surface area contributed by atoms with Crippen molar-refractivity contribution in [2.24, 2.45) is 0 Å². The number of rotatable bonds is 8. The van der Waals surface area contributed by atoms with E-state index in [1.807, 2.05) is 0 Å². The molecule has 0 aliphatic rings. The summed E-state index contributed by atoms with van der Waals surface area (Å²) < 4.78 is 29.9. The van der Waals surface area contributed by atoms with E-state index < -0.39 is 27.6 Å². The van der Waals surface area contributed by atoms with E-state index in [-0.39, 0.29) is 19.0 Å². The van der Waals surface area contributed by atoms with Crippen molar-refractivity contribution in [1.29, 1.82) is 0 Å². The lowest BCUT2D eigenvalue weighted by molar-refractivity contribution is -0.115. The van der Waals surface area contributed by atoms with Crippen molar-refractivity contribution in [3.8, 4) is 0 Å². The number of anilines is 2. The number of sulfonamides is 1. The van der Waals surface area contributed by atoms with Gasteiger partial charge in [0, 0.05) is 23.5 Å². The molecule has 0 heterocycles. The van der Waals surface area contributed by atoms with Gasteiger partial charge in [0.15, 0.2) is 0 Å². The van der Waals surface area contributed by atoms with E-state index in [0.717, 1.165) is 11.8 Å². The van der Waals surface area contributed by atoms with Crippen LogP contribution in [0.15, 0.2) is 48.5 Å². The smallest absolute Gasteiger partial charge is 0.408 e. The summed E-state index contributed by atoms with van der Waals surface area (Å²) in [6.07, 6.45) is 0.371. The average molecular weight is 477 g/mol. The standard InChI is InChI=1S/C22H28N4O6S/c1-22(2,3)32-21(29)24-14-19(27)25-17-9-5-15(6-10-17)13-23-20(28)16-7-11-18(12-8-16)26-33(4,30)31/h5-12,26H,13-14H2,1-4H3,(H,23,28)(H,24,29)(H,25,27). The summed E-state index contributed by atoms with van der Waals surface area (Å²) in [4.78, 5) is 35.8. The molecule has 2 rings (SSSR count). The van der Waals surface area contributed by atoms with Crippen molar-refractivity contribution in [1.82, 2.24) is 10.6 Å². The highest BCUT2D eigenvalue weighted by molar-refractivity contribution is 7.92. The SMILES string of the molecule is CC(C)(C)OC(=O)NCC(=O)Nc1ccc(CNC(=O)c2ccc(NS(C)(=O)=O)cc2)cc1. The van der Waals surface area contributed by atoms with E-state index in [1.54, 1.807) is 45.0 Å². The molecule has 0 fully saturated rings. The zero-order valence-electron chi connectivity index (χ0n) is 18.9. The highest BCUT2D eigenvalue weighted by Crippen LogP contribution is 2.12. The predicted molar refractivity (Wildman–Crippen MR) is 125 cm³/mol. The summed E-state index contributed by atoms with van der Waals surface area (Å²) in [5.74, 6) is -0.720. The Morgan fingerprint density at radius 2 is 1.45 bits per heavy atom. The van der Waals surface area contributed by atoms with E-state index in [9.17, 15) is 22.8 Å². The maximum Gasteiger partial charge on any atom is 0.408 e. The van der Waals surface area contributed by atoms with Gasteiger partial charge in [-0.2, -0.15) is 0 Å². The minimum atomic E-state index is -3.38. The summed E-state index contributed by atoms with van der Waals surface area (Å²) >= 11 is 0. The second-order valence-electron chi connectivity index (χ2n) is 8.23. The van der Waals surface area contributed by atoms with Crippen LogP contribution in [0.5, 0.6) is 0 Å². The van der Waals surface area contributed by atoms with Crippen LogP contribution in [0, 0.1) is 0 Å². The lowest BCUT2D eigenvalue weighted by Gasteiger charge is -2.19. The number of carbonyl (C=O) groups is 3. The molecule has 33 heavy (non-hydrogen) atoms. The van der Waals surface area contributed by atoms with E-state index >= 15 is 0 Å². The van der Waals surface area contributed by atoms with Crippen LogP contribution in [0.3, 0.4) is 0 Å². The topological polar surface area (TPSA) is 143 Å². The molecule has 0 atom stereocenters. The van der Waals surface area contributed by atoms with Crippen LogP contribution in [0.1, 0.15) is 36.7 Å². The van der Waals surface area contributed by atoms with Gasteiger partial charge in [-0.3, -0.25) is 14.3 Å². The van der Waals surface area contributed by atoms with E-state index in [1.165, 1.54) is 24.3 Å². The van der Waals surface area contributed by atoms with Crippen molar-refractivity contribution >= 4 is 39.3 Å². The molecule has 4 N–H and O–H groups in total. The quantitative estimate of drug-likeness (QED) is 0.461. The Kier molecular flexibility index (Phi) is 8.41. The van der Waals surface area contributed by atoms with Crippen LogP contribution in [-0.2, 0) is 26.1 Å². The fourth-order valence-electron chi connectivity index (χ4n) is 2.57. The lowest BCUT2D eigenvalue weighted by atomic mass is 10.1. The first-order valence-electron chi connectivity index (χ1n) is 10.0. The molecule has 0 unspecified atom stereocenters. The van der Waals surface area contributed by atoms with Gasteiger partial charge in [-0.1, -0.05) is 12.1 Å². The van der Waals surface area contributed by atoms with Crippen LogP contribution in [-0.4, -0.2) is 44.7 Å². The van der Waals surface area contributed by atoms with Gasteiger partial charge in [0.1, 0.15) is 12.1 Å². The third kappa shape index (κ3) is 10.0. The highest BCUT2D eigenvalue weighted by Gasteiger charge is 2.16. The Labute approximate surface area is 193 Å². The molecule has 0 bridgehead atoms. The maximum atomic E-state index is 12.3. The number of hydrogen-bond acceptors (Lipinski definition) is 6. The highest BCUT2D eigenvalue weighted by atomic mass is 32.2. The van der Waals surface area contributed by atoms with Crippen molar-refractivity contribution < 1.29 is 27.5 Å². The molecule has 0 aromatic heterocycles. The van der Waals surface area contributed by atoms with Crippen LogP contribution >= 0.6 is 0 Å². The second kappa shape index (κ2) is 10.8. The van der Waals surface area contributed by atoms with Gasteiger partial charge in [-0.05, 0) is 62.7 Å². The molecule has 0 saturated heterocycles. The minimum absolute atomic E-state index is 0.231. The van der Waals surface area contributed by atoms with Gasteiger partial charge < -0.3 is 20.7 Å². The Hall–Kier alpha value is -3.60. The molecule has 10 nitrogen and oxygen atoms in total. The lowest BCUT2D eigenvalue weighted by Crippen LogP contribution is -2.37. The first kappa shape index (κ1) is 25.7. The number of carbonyl (C=O) groups excluding carboxylic acids is 3. The van der Waals surface area contributed by atoms with E-state index in [2.05, 4.69) is 20.7 Å². The molecule has 11 heteroatoms. The van der Waals surface area contributed by atoms with Crippen LogP contribution < -0.4 is 20.7 Å². The fraction of sp³-hybridized carbons (Fsp3) is 0.318. The normalized spacial score (nSPS) is 11.3. The summed E-state index contributed by atoms with van der Waals surface area (Å²) in [6, 6.07) is 12.9. The van der Waals surface area contributed by atoms with Gasteiger partial charge in [0.25, 0.3) is 5.91 Å². The average Bonchev–Trinajstić information content (AvgIpc) is 2.70. The number of benzene rings is 2.